The molecule has 5 heteroatoms. The van der Waals surface area contributed by atoms with Crippen molar-refractivity contribution in [1.82, 2.24) is 0 Å². The number of hydrogen-bond donors (Lipinski definition) is 0. The third kappa shape index (κ3) is 3.36. The van der Waals surface area contributed by atoms with E-state index in [1.165, 1.54) is 0 Å². The Balaban J connectivity index is 1.82. The lowest BCUT2D eigenvalue weighted by molar-refractivity contribution is 0.0322. The van der Waals surface area contributed by atoms with Crippen LogP contribution < -0.4 is 0 Å². The fourth-order valence-electron chi connectivity index (χ4n) is 3.35. The minimum atomic E-state index is -0.696. The van der Waals surface area contributed by atoms with Crippen LogP contribution in [0.3, 0.4) is 0 Å². The van der Waals surface area contributed by atoms with Crippen molar-refractivity contribution in [3.63, 3.8) is 0 Å². The van der Waals surface area contributed by atoms with Gasteiger partial charge in [-0.05, 0) is 48.0 Å². The van der Waals surface area contributed by atoms with Crippen LogP contribution in [0.4, 0.5) is 0 Å². The van der Waals surface area contributed by atoms with Crippen LogP contribution in [0.5, 0.6) is 0 Å². The Morgan fingerprint density at radius 2 is 1.44 bits per heavy atom. The smallest absolute Gasteiger partial charge is 0.339 e. The van der Waals surface area contributed by atoms with E-state index in [1.54, 1.807) is 60.7 Å². The number of cyclic esters (lactones) is 1. The van der Waals surface area contributed by atoms with E-state index in [2.05, 4.69) is 0 Å². The molecule has 2 unspecified atom stereocenters. The first kappa shape index (κ1) is 17.8. The maximum Gasteiger partial charge on any atom is 0.339 e. The Morgan fingerprint density at radius 3 is 2.11 bits per heavy atom. The number of benzene rings is 3. The van der Waals surface area contributed by atoms with E-state index in [0.717, 1.165) is 5.56 Å². The fourth-order valence-corrected chi connectivity index (χ4v) is 3.60. The number of halogens is 2. The molecule has 0 spiro atoms. The molecule has 1 aliphatic heterocycles. The third-order valence-electron chi connectivity index (χ3n) is 4.66. The highest BCUT2D eigenvalue weighted by Crippen LogP contribution is 2.42. The van der Waals surface area contributed by atoms with E-state index in [-0.39, 0.29) is 5.78 Å². The second kappa shape index (κ2) is 7.18. The molecule has 0 aliphatic carbocycles. The Bertz CT molecular complexity index is 1010. The maximum atomic E-state index is 13.4. The summed E-state index contributed by atoms with van der Waals surface area (Å²) in [4.78, 5) is 25.7. The summed E-state index contributed by atoms with van der Waals surface area (Å²) < 4.78 is 5.63. The minimum Gasteiger partial charge on any atom is -0.453 e. The van der Waals surface area contributed by atoms with Gasteiger partial charge in [0.2, 0.25) is 0 Å². The quantitative estimate of drug-likeness (QED) is 0.408. The van der Waals surface area contributed by atoms with E-state index in [4.69, 9.17) is 27.9 Å². The number of carbonyl (C=O) groups excluding carboxylic acids is 2. The summed E-state index contributed by atoms with van der Waals surface area (Å²) in [6.45, 7) is 0. The molecule has 2 atom stereocenters. The van der Waals surface area contributed by atoms with Gasteiger partial charge in [0.05, 0.1) is 11.5 Å². The molecule has 134 valence electrons. The first-order chi connectivity index (χ1) is 13.0. The molecule has 0 fully saturated rings. The lowest BCUT2D eigenvalue weighted by Gasteiger charge is -2.23. The lowest BCUT2D eigenvalue weighted by Crippen LogP contribution is -2.21. The van der Waals surface area contributed by atoms with Gasteiger partial charge in [-0.25, -0.2) is 4.79 Å². The van der Waals surface area contributed by atoms with Crippen molar-refractivity contribution in [1.29, 1.82) is 0 Å². The molecule has 0 aromatic heterocycles. The highest BCUT2D eigenvalue weighted by Gasteiger charge is 2.41. The number of ketones is 1. The van der Waals surface area contributed by atoms with Crippen molar-refractivity contribution < 1.29 is 14.3 Å². The predicted octanol–water partition coefficient (Wildman–Crippen LogP) is 5.87. The number of fused-ring (bicyclic) bond motifs is 1. The molecule has 0 radical (unpaired) electrons. The lowest BCUT2D eigenvalue weighted by atomic mass is 9.83. The van der Waals surface area contributed by atoms with Crippen LogP contribution in [-0.2, 0) is 4.74 Å². The molecular weight excluding hydrogens is 383 g/mol. The molecule has 3 nitrogen and oxygen atoms in total. The molecule has 0 bridgehead atoms. The maximum absolute atomic E-state index is 13.4. The summed E-state index contributed by atoms with van der Waals surface area (Å²) in [7, 11) is 0. The second-order valence-corrected chi connectivity index (χ2v) is 7.19. The largest absolute Gasteiger partial charge is 0.453 e. The Hall–Kier alpha value is -2.62. The van der Waals surface area contributed by atoms with Crippen LogP contribution in [0.15, 0.2) is 72.8 Å². The van der Waals surface area contributed by atoms with E-state index >= 15 is 0 Å². The molecular formula is C22H14Cl2O3. The molecule has 1 heterocycles. The molecule has 0 saturated carbocycles. The van der Waals surface area contributed by atoms with Crippen molar-refractivity contribution in [2.45, 2.75) is 12.0 Å². The van der Waals surface area contributed by atoms with E-state index < -0.39 is 18.0 Å². The topological polar surface area (TPSA) is 43.4 Å². The van der Waals surface area contributed by atoms with Gasteiger partial charge < -0.3 is 4.74 Å². The summed E-state index contributed by atoms with van der Waals surface area (Å²) in [5.74, 6) is -1.25. The van der Waals surface area contributed by atoms with Gasteiger partial charge in [0.25, 0.3) is 0 Å². The van der Waals surface area contributed by atoms with Gasteiger partial charge in [0.15, 0.2) is 5.78 Å². The van der Waals surface area contributed by atoms with Crippen LogP contribution in [-0.4, -0.2) is 11.8 Å². The number of esters is 1. The van der Waals surface area contributed by atoms with E-state index in [9.17, 15) is 9.59 Å². The fraction of sp³-hybridized carbons (Fsp3) is 0.0909. The van der Waals surface area contributed by atoms with Crippen LogP contribution in [0, 0.1) is 0 Å². The Kier molecular flexibility index (Phi) is 4.73. The first-order valence-electron chi connectivity index (χ1n) is 8.40. The number of hydrogen-bond acceptors (Lipinski definition) is 3. The van der Waals surface area contributed by atoms with Gasteiger partial charge in [-0.2, -0.15) is 0 Å². The molecule has 3 aromatic rings. The van der Waals surface area contributed by atoms with E-state index in [1.807, 2.05) is 12.1 Å². The van der Waals surface area contributed by atoms with Crippen molar-refractivity contribution >= 4 is 35.0 Å². The number of carbonyl (C=O) groups is 2. The SMILES string of the molecule is O=C1OC(C(C(=O)c2ccc(Cl)cc2)c2ccc(Cl)cc2)c2ccccc21. The molecule has 27 heavy (non-hydrogen) atoms. The number of Topliss-reactive ketones (excluding diaryl/α,β-unsaturated/α-hetero) is 1. The standard InChI is InChI=1S/C22H14Cl2O3/c23-15-9-5-13(6-10-15)19(20(25)14-7-11-16(24)12-8-14)21-17-3-1-2-4-18(17)22(26)27-21/h1-12,19,21H. The van der Waals surface area contributed by atoms with Crippen molar-refractivity contribution in [3.05, 3.63) is 105 Å². The number of rotatable bonds is 4. The molecule has 0 saturated heterocycles. The highest BCUT2D eigenvalue weighted by atomic mass is 35.5. The van der Waals surface area contributed by atoms with Crippen LogP contribution in [0.1, 0.15) is 43.9 Å². The Morgan fingerprint density at radius 1 is 0.852 bits per heavy atom. The molecule has 0 amide bonds. The van der Waals surface area contributed by atoms with Gasteiger partial charge in [-0.3, -0.25) is 4.79 Å². The molecule has 4 rings (SSSR count). The van der Waals surface area contributed by atoms with Gasteiger partial charge in [-0.15, -0.1) is 0 Å². The van der Waals surface area contributed by atoms with E-state index in [0.29, 0.717) is 26.7 Å². The second-order valence-electron chi connectivity index (χ2n) is 6.31. The van der Waals surface area contributed by atoms with Crippen LogP contribution >= 0.6 is 23.2 Å². The summed E-state index contributed by atoms with van der Waals surface area (Å²) in [6.07, 6.45) is -0.696. The van der Waals surface area contributed by atoms with Crippen molar-refractivity contribution in [2.75, 3.05) is 0 Å². The van der Waals surface area contributed by atoms with Gasteiger partial charge in [0.1, 0.15) is 6.10 Å². The molecule has 1 aliphatic rings. The third-order valence-corrected chi connectivity index (χ3v) is 5.17. The van der Waals surface area contributed by atoms with Gasteiger partial charge >= 0.3 is 5.97 Å². The molecule has 3 aromatic carbocycles. The predicted molar refractivity (Wildman–Crippen MR) is 105 cm³/mol. The zero-order valence-electron chi connectivity index (χ0n) is 14.1. The normalized spacial score (nSPS) is 16.5. The summed E-state index contributed by atoms with van der Waals surface area (Å²) in [5, 5.41) is 1.12. The number of ether oxygens (including phenoxy) is 1. The van der Waals surface area contributed by atoms with Gasteiger partial charge in [-0.1, -0.05) is 53.5 Å². The first-order valence-corrected chi connectivity index (χ1v) is 9.15. The van der Waals surface area contributed by atoms with Crippen LogP contribution in [0.2, 0.25) is 10.0 Å². The van der Waals surface area contributed by atoms with Gasteiger partial charge in [0, 0.05) is 21.2 Å². The average Bonchev–Trinajstić information content (AvgIpc) is 3.01. The Labute approximate surface area is 166 Å². The monoisotopic (exact) mass is 396 g/mol. The zero-order chi connectivity index (χ0) is 19.0. The zero-order valence-corrected chi connectivity index (χ0v) is 15.6. The molecule has 0 N–H and O–H groups in total. The highest BCUT2D eigenvalue weighted by molar-refractivity contribution is 6.31. The van der Waals surface area contributed by atoms with Crippen LogP contribution in [0.25, 0.3) is 0 Å². The summed E-state index contributed by atoms with van der Waals surface area (Å²) in [5.41, 5.74) is 2.43. The minimum absolute atomic E-state index is 0.150. The van der Waals surface area contributed by atoms with Crippen molar-refractivity contribution in [2.24, 2.45) is 0 Å². The average molecular weight is 397 g/mol. The van der Waals surface area contributed by atoms with Crippen molar-refractivity contribution in [3.8, 4) is 0 Å². The summed E-state index contributed by atoms with van der Waals surface area (Å²) in [6, 6.07) is 20.9. The summed E-state index contributed by atoms with van der Waals surface area (Å²) >= 11 is 12.0.